The SMILES string of the molecule is CC[Si](C)(OC(C)C)OC(C)(C)C1COC1. The van der Waals surface area contributed by atoms with Crippen LogP contribution in [-0.4, -0.2) is 33.5 Å². The predicted octanol–water partition coefficient (Wildman–Crippen LogP) is 2.94. The van der Waals surface area contributed by atoms with Crippen LogP contribution in [-0.2, 0) is 13.6 Å². The zero-order valence-electron chi connectivity index (χ0n) is 11.5. The summed E-state index contributed by atoms with van der Waals surface area (Å²) in [6, 6.07) is 0.988. The van der Waals surface area contributed by atoms with Crippen molar-refractivity contribution in [2.75, 3.05) is 13.2 Å². The molecule has 0 aromatic rings. The predicted molar refractivity (Wildman–Crippen MR) is 67.8 cm³/mol. The molecule has 4 heteroatoms. The lowest BCUT2D eigenvalue weighted by Crippen LogP contribution is -2.54. The lowest BCUT2D eigenvalue weighted by molar-refractivity contribution is -0.130. The Morgan fingerprint density at radius 2 is 1.94 bits per heavy atom. The van der Waals surface area contributed by atoms with Gasteiger partial charge < -0.3 is 13.6 Å². The lowest BCUT2D eigenvalue weighted by atomic mass is 9.90. The summed E-state index contributed by atoms with van der Waals surface area (Å²) in [5.41, 5.74) is -0.121. The Morgan fingerprint density at radius 1 is 1.38 bits per heavy atom. The number of hydrogen-bond donors (Lipinski definition) is 0. The highest BCUT2D eigenvalue weighted by Gasteiger charge is 2.43. The van der Waals surface area contributed by atoms with Gasteiger partial charge in [-0.15, -0.1) is 0 Å². The van der Waals surface area contributed by atoms with Gasteiger partial charge in [0.2, 0.25) is 0 Å². The van der Waals surface area contributed by atoms with Gasteiger partial charge in [-0.3, -0.25) is 0 Å². The molecule has 1 heterocycles. The molecule has 0 spiro atoms. The molecule has 1 aliphatic rings. The minimum Gasteiger partial charge on any atom is -0.392 e. The normalized spacial score (nSPS) is 21.9. The average Bonchev–Trinajstić information content (AvgIpc) is 1.96. The first-order valence-corrected chi connectivity index (χ1v) is 8.77. The standard InChI is InChI=1S/C12H26O3Si/c1-7-16(6,14-10(2)3)15-12(4,5)11-8-13-9-11/h10-11H,7-9H2,1-6H3. The molecule has 0 aliphatic carbocycles. The maximum Gasteiger partial charge on any atom is 0.335 e. The number of ether oxygens (including phenoxy) is 1. The summed E-state index contributed by atoms with van der Waals surface area (Å²) in [6.07, 6.45) is 0.241. The first-order valence-electron chi connectivity index (χ1n) is 6.25. The first kappa shape index (κ1) is 14.2. The zero-order chi connectivity index (χ0) is 12.4. The van der Waals surface area contributed by atoms with Crippen molar-refractivity contribution in [2.24, 2.45) is 5.92 Å². The monoisotopic (exact) mass is 246 g/mol. The molecule has 1 atom stereocenters. The molecule has 1 fully saturated rings. The van der Waals surface area contributed by atoms with Crippen LogP contribution in [0.2, 0.25) is 12.6 Å². The van der Waals surface area contributed by atoms with Crippen molar-refractivity contribution in [3.63, 3.8) is 0 Å². The third-order valence-corrected chi connectivity index (χ3v) is 6.44. The van der Waals surface area contributed by atoms with Gasteiger partial charge in [0.05, 0.1) is 18.8 Å². The molecule has 1 aliphatic heterocycles. The highest BCUT2D eigenvalue weighted by Crippen LogP contribution is 2.32. The van der Waals surface area contributed by atoms with Crippen molar-refractivity contribution >= 4 is 8.56 Å². The maximum absolute atomic E-state index is 6.33. The van der Waals surface area contributed by atoms with E-state index in [4.69, 9.17) is 13.6 Å². The van der Waals surface area contributed by atoms with Crippen LogP contribution in [0.1, 0.15) is 34.6 Å². The summed E-state index contributed by atoms with van der Waals surface area (Å²) >= 11 is 0. The second-order valence-electron chi connectivity index (χ2n) is 5.59. The molecule has 96 valence electrons. The third-order valence-electron chi connectivity index (χ3n) is 3.23. The van der Waals surface area contributed by atoms with Gasteiger partial charge >= 0.3 is 8.56 Å². The topological polar surface area (TPSA) is 27.7 Å². The van der Waals surface area contributed by atoms with E-state index in [2.05, 4.69) is 41.2 Å². The van der Waals surface area contributed by atoms with Crippen molar-refractivity contribution in [1.82, 2.24) is 0 Å². The summed E-state index contributed by atoms with van der Waals surface area (Å²) in [5, 5.41) is 0. The van der Waals surface area contributed by atoms with E-state index in [1.165, 1.54) is 0 Å². The van der Waals surface area contributed by atoms with Crippen LogP contribution in [0.25, 0.3) is 0 Å². The molecule has 0 amide bonds. The van der Waals surface area contributed by atoms with Crippen LogP contribution < -0.4 is 0 Å². The molecular weight excluding hydrogens is 220 g/mol. The van der Waals surface area contributed by atoms with Gasteiger partial charge in [0.1, 0.15) is 0 Å². The van der Waals surface area contributed by atoms with E-state index in [1.54, 1.807) is 0 Å². The van der Waals surface area contributed by atoms with Crippen molar-refractivity contribution in [1.29, 1.82) is 0 Å². The van der Waals surface area contributed by atoms with Crippen molar-refractivity contribution < 1.29 is 13.6 Å². The molecule has 0 aromatic carbocycles. The summed E-state index contributed by atoms with van der Waals surface area (Å²) in [7, 11) is -2.02. The molecule has 1 saturated heterocycles. The van der Waals surface area contributed by atoms with E-state index in [1.807, 2.05) is 0 Å². The molecule has 0 radical (unpaired) electrons. The second-order valence-corrected chi connectivity index (χ2v) is 9.01. The quantitative estimate of drug-likeness (QED) is 0.674. The Hall–Kier alpha value is 0.0969. The Bertz CT molecular complexity index is 226. The fraction of sp³-hybridized carbons (Fsp3) is 1.00. The van der Waals surface area contributed by atoms with Crippen LogP contribution in [0, 0.1) is 5.92 Å². The van der Waals surface area contributed by atoms with Crippen LogP contribution in [0.4, 0.5) is 0 Å². The summed E-state index contributed by atoms with van der Waals surface area (Å²) in [5.74, 6) is 0.515. The summed E-state index contributed by atoms with van der Waals surface area (Å²) < 4.78 is 17.6. The minimum atomic E-state index is -2.02. The highest BCUT2D eigenvalue weighted by molar-refractivity contribution is 6.66. The van der Waals surface area contributed by atoms with Crippen LogP contribution >= 0.6 is 0 Å². The van der Waals surface area contributed by atoms with Crippen LogP contribution in [0.15, 0.2) is 0 Å². The molecule has 0 aromatic heterocycles. The Morgan fingerprint density at radius 3 is 2.25 bits per heavy atom. The van der Waals surface area contributed by atoms with Gasteiger partial charge in [-0.1, -0.05) is 6.92 Å². The molecule has 16 heavy (non-hydrogen) atoms. The van der Waals surface area contributed by atoms with E-state index in [0.29, 0.717) is 5.92 Å². The van der Waals surface area contributed by atoms with E-state index in [0.717, 1.165) is 19.3 Å². The van der Waals surface area contributed by atoms with Crippen LogP contribution in [0.5, 0.6) is 0 Å². The smallest absolute Gasteiger partial charge is 0.335 e. The first-order chi connectivity index (χ1) is 7.29. The van der Waals surface area contributed by atoms with Gasteiger partial charge in [0.25, 0.3) is 0 Å². The average molecular weight is 246 g/mol. The third kappa shape index (κ3) is 3.55. The lowest BCUT2D eigenvalue weighted by Gasteiger charge is -2.44. The van der Waals surface area contributed by atoms with Crippen molar-refractivity contribution in [2.45, 2.75) is 58.9 Å². The molecule has 0 saturated carbocycles. The van der Waals surface area contributed by atoms with Crippen LogP contribution in [0.3, 0.4) is 0 Å². The fourth-order valence-electron chi connectivity index (χ4n) is 1.96. The maximum atomic E-state index is 6.33. The second kappa shape index (κ2) is 5.17. The number of hydrogen-bond acceptors (Lipinski definition) is 3. The summed E-state index contributed by atoms with van der Waals surface area (Å²) in [6.45, 7) is 14.4. The summed E-state index contributed by atoms with van der Waals surface area (Å²) in [4.78, 5) is 0. The molecule has 0 N–H and O–H groups in total. The molecular formula is C12H26O3Si. The van der Waals surface area contributed by atoms with Gasteiger partial charge in [-0.25, -0.2) is 0 Å². The Balaban J connectivity index is 2.59. The van der Waals surface area contributed by atoms with Crippen molar-refractivity contribution in [3.05, 3.63) is 0 Å². The van der Waals surface area contributed by atoms with Gasteiger partial charge in [-0.05, 0) is 40.3 Å². The Kier molecular flexibility index (Phi) is 4.57. The molecule has 1 rings (SSSR count). The zero-order valence-corrected chi connectivity index (χ0v) is 12.5. The van der Waals surface area contributed by atoms with Gasteiger partial charge in [0, 0.05) is 12.0 Å². The largest absolute Gasteiger partial charge is 0.392 e. The van der Waals surface area contributed by atoms with Gasteiger partial charge in [0.15, 0.2) is 0 Å². The number of rotatable bonds is 6. The molecule has 3 nitrogen and oxygen atoms in total. The molecule has 0 bridgehead atoms. The van der Waals surface area contributed by atoms with E-state index < -0.39 is 8.56 Å². The minimum absolute atomic E-state index is 0.121. The van der Waals surface area contributed by atoms with E-state index >= 15 is 0 Å². The fourth-order valence-corrected chi connectivity index (χ4v) is 4.59. The van der Waals surface area contributed by atoms with E-state index in [-0.39, 0.29) is 11.7 Å². The van der Waals surface area contributed by atoms with Crippen molar-refractivity contribution in [3.8, 4) is 0 Å². The van der Waals surface area contributed by atoms with E-state index in [9.17, 15) is 0 Å². The Labute approximate surface area is 101 Å². The highest BCUT2D eigenvalue weighted by atomic mass is 28.4. The van der Waals surface area contributed by atoms with Gasteiger partial charge in [-0.2, -0.15) is 0 Å². The molecule has 1 unspecified atom stereocenters.